The van der Waals surface area contributed by atoms with Crippen LogP contribution in [0.3, 0.4) is 0 Å². The van der Waals surface area contributed by atoms with Crippen LogP contribution in [0.5, 0.6) is 0 Å². The molecule has 24 heavy (non-hydrogen) atoms. The molecule has 0 bridgehead atoms. The molecule has 5 nitrogen and oxygen atoms in total. The Bertz CT molecular complexity index is 869. The van der Waals surface area contributed by atoms with Crippen molar-refractivity contribution in [2.75, 3.05) is 23.3 Å². The Morgan fingerprint density at radius 2 is 1.96 bits per heavy atom. The summed E-state index contributed by atoms with van der Waals surface area (Å²) in [5.41, 5.74) is 1.24. The van der Waals surface area contributed by atoms with Gasteiger partial charge in [0.05, 0.1) is 21.2 Å². The molecule has 2 heterocycles. The second kappa shape index (κ2) is 6.99. The number of rotatable bonds is 5. The van der Waals surface area contributed by atoms with Crippen molar-refractivity contribution in [3.63, 3.8) is 0 Å². The van der Waals surface area contributed by atoms with Crippen LogP contribution in [0.15, 0.2) is 30.3 Å². The van der Waals surface area contributed by atoms with E-state index in [1.165, 1.54) is 11.3 Å². The van der Waals surface area contributed by atoms with Gasteiger partial charge in [0.15, 0.2) is 5.13 Å². The number of thiazole rings is 1. The molecule has 0 saturated heterocycles. The number of thiophene rings is 1. The summed E-state index contributed by atoms with van der Waals surface area (Å²) >= 11 is 3.01. The average molecular weight is 356 g/mol. The van der Waals surface area contributed by atoms with E-state index in [1.807, 2.05) is 6.07 Å². The number of amides is 1. The first-order valence-electron chi connectivity index (χ1n) is 7.61. The van der Waals surface area contributed by atoms with E-state index in [2.05, 4.69) is 35.1 Å². The summed E-state index contributed by atoms with van der Waals surface area (Å²) in [6.07, 6.45) is 0. The first kappa shape index (κ1) is 16.4. The molecule has 1 aromatic carbocycles. The van der Waals surface area contributed by atoms with E-state index in [-0.39, 0.29) is 5.91 Å². The van der Waals surface area contributed by atoms with Gasteiger partial charge in [0.1, 0.15) is 4.83 Å². The molecule has 0 spiro atoms. The van der Waals surface area contributed by atoms with E-state index < -0.39 is 0 Å². The highest BCUT2D eigenvalue weighted by molar-refractivity contribution is 7.29. The highest BCUT2D eigenvalue weighted by Gasteiger charge is 2.16. The van der Waals surface area contributed by atoms with Gasteiger partial charge in [-0.3, -0.25) is 4.79 Å². The van der Waals surface area contributed by atoms with Gasteiger partial charge < -0.3 is 10.2 Å². The fraction of sp³-hybridized carbons (Fsp3) is 0.235. The number of hydrogen-bond acceptors (Lipinski definition) is 6. The highest BCUT2D eigenvalue weighted by Crippen LogP contribution is 2.34. The minimum atomic E-state index is -0.153. The number of anilines is 2. The van der Waals surface area contributed by atoms with Crippen LogP contribution in [0, 0.1) is 11.3 Å². The molecule has 0 atom stereocenters. The molecule has 3 rings (SSSR count). The standard InChI is InChI=1S/C17H16N4OS2/c1-3-21(4-2)17-20-16-14(24-17)9-13(23-16)15(22)19-12-7-5-11(10-18)6-8-12/h5-9H,3-4H2,1-2H3,(H,19,22). The average Bonchev–Trinajstić information content (AvgIpc) is 3.16. The van der Waals surface area contributed by atoms with Crippen LogP contribution >= 0.6 is 22.7 Å². The maximum Gasteiger partial charge on any atom is 0.265 e. The number of fused-ring (bicyclic) bond motifs is 1. The van der Waals surface area contributed by atoms with E-state index in [9.17, 15) is 4.79 Å². The molecule has 122 valence electrons. The van der Waals surface area contributed by atoms with Crippen LogP contribution in [0.1, 0.15) is 29.1 Å². The van der Waals surface area contributed by atoms with Gasteiger partial charge in [0.2, 0.25) is 0 Å². The summed E-state index contributed by atoms with van der Waals surface area (Å²) in [4.78, 5) is 20.7. The maximum absolute atomic E-state index is 12.4. The highest BCUT2D eigenvalue weighted by atomic mass is 32.1. The topological polar surface area (TPSA) is 69.0 Å². The van der Waals surface area contributed by atoms with Gasteiger partial charge in [0.25, 0.3) is 5.91 Å². The molecular formula is C17H16N4OS2. The van der Waals surface area contributed by atoms with Gasteiger partial charge in [0, 0.05) is 18.8 Å². The Kier molecular flexibility index (Phi) is 4.79. The van der Waals surface area contributed by atoms with Gasteiger partial charge in [-0.2, -0.15) is 5.26 Å². The van der Waals surface area contributed by atoms with Gasteiger partial charge >= 0.3 is 0 Å². The molecule has 2 aromatic heterocycles. The van der Waals surface area contributed by atoms with Gasteiger partial charge in [-0.25, -0.2) is 4.98 Å². The molecule has 3 aromatic rings. The number of carbonyl (C=O) groups excluding carboxylic acids is 1. The molecule has 0 unspecified atom stereocenters. The normalized spacial score (nSPS) is 10.5. The largest absolute Gasteiger partial charge is 0.349 e. The van der Waals surface area contributed by atoms with E-state index in [4.69, 9.17) is 5.26 Å². The van der Waals surface area contributed by atoms with Crippen LogP contribution in [-0.4, -0.2) is 24.0 Å². The maximum atomic E-state index is 12.4. The van der Waals surface area contributed by atoms with Crippen molar-refractivity contribution in [2.45, 2.75) is 13.8 Å². The minimum absolute atomic E-state index is 0.153. The van der Waals surface area contributed by atoms with Crippen molar-refractivity contribution >= 4 is 48.9 Å². The third-order valence-corrected chi connectivity index (χ3v) is 5.83. The summed E-state index contributed by atoms with van der Waals surface area (Å²) in [5.74, 6) is -0.153. The summed E-state index contributed by atoms with van der Waals surface area (Å²) in [6, 6.07) is 10.8. The predicted molar refractivity (Wildman–Crippen MR) is 100 cm³/mol. The first-order valence-corrected chi connectivity index (χ1v) is 9.24. The van der Waals surface area contributed by atoms with Crippen molar-refractivity contribution < 1.29 is 4.79 Å². The molecule has 0 aliphatic heterocycles. The van der Waals surface area contributed by atoms with Crippen LogP contribution in [0.4, 0.5) is 10.8 Å². The molecule has 0 aliphatic carbocycles. The second-order valence-electron chi connectivity index (χ2n) is 5.09. The molecule has 7 heteroatoms. The lowest BCUT2D eigenvalue weighted by Crippen LogP contribution is -2.21. The molecular weight excluding hydrogens is 340 g/mol. The number of nitrogens with zero attached hydrogens (tertiary/aromatic N) is 3. The van der Waals surface area contributed by atoms with Gasteiger partial charge in [-0.05, 0) is 44.2 Å². The fourth-order valence-electron chi connectivity index (χ4n) is 2.29. The van der Waals surface area contributed by atoms with Crippen molar-refractivity contribution in [1.82, 2.24) is 4.98 Å². The Morgan fingerprint density at radius 3 is 2.54 bits per heavy atom. The van der Waals surface area contributed by atoms with Crippen LogP contribution in [0.25, 0.3) is 9.53 Å². The second-order valence-corrected chi connectivity index (χ2v) is 7.13. The molecule has 0 aliphatic rings. The number of nitrogens with one attached hydrogen (secondary N) is 1. The van der Waals surface area contributed by atoms with Crippen molar-refractivity contribution in [2.24, 2.45) is 0 Å². The van der Waals surface area contributed by atoms with E-state index in [0.29, 0.717) is 16.1 Å². The third kappa shape index (κ3) is 3.25. The third-order valence-electron chi connectivity index (χ3n) is 3.61. The van der Waals surface area contributed by atoms with Gasteiger partial charge in [-0.15, -0.1) is 11.3 Å². The molecule has 0 fully saturated rings. The summed E-state index contributed by atoms with van der Waals surface area (Å²) in [6.45, 7) is 6.05. The smallest absolute Gasteiger partial charge is 0.265 e. The summed E-state index contributed by atoms with van der Waals surface area (Å²) in [7, 11) is 0. The zero-order chi connectivity index (χ0) is 17.1. The number of benzene rings is 1. The Morgan fingerprint density at radius 1 is 1.25 bits per heavy atom. The van der Waals surface area contributed by atoms with E-state index in [0.717, 1.165) is 27.8 Å². The van der Waals surface area contributed by atoms with E-state index >= 15 is 0 Å². The lowest BCUT2D eigenvalue weighted by Gasteiger charge is -2.16. The lowest BCUT2D eigenvalue weighted by atomic mass is 10.2. The predicted octanol–water partition coefficient (Wildman–Crippen LogP) is 4.33. The first-order chi connectivity index (χ1) is 11.6. The Labute approximate surface area is 148 Å². The number of nitriles is 1. The van der Waals surface area contributed by atoms with Crippen LogP contribution in [-0.2, 0) is 0 Å². The molecule has 0 radical (unpaired) electrons. The molecule has 0 saturated carbocycles. The number of aromatic nitrogens is 1. The van der Waals surface area contributed by atoms with E-state index in [1.54, 1.807) is 35.6 Å². The van der Waals surface area contributed by atoms with Crippen LogP contribution in [0.2, 0.25) is 0 Å². The van der Waals surface area contributed by atoms with Crippen molar-refractivity contribution in [3.8, 4) is 6.07 Å². The zero-order valence-electron chi connectivity index (χ0n) is 13.4. The van der Waals surface area contributed by atoms with Crippen molar-refractivity contribution in [1.29, 1.82) is 5.26 Å². The SMILES string of the molecule is CCN(CC)c1nc2sc(C(=O)Nc3ccc(C#N)cc3)cc2s1. The number of hydrogen-bond donors (Lipinski definition) is 1. The molecule has 1 N–H and O–H groups in total. The Balaban J connectivity index is 1.77. The fourth-order valence-corrected chi connectivity index (χ4v) is 4.52. The summed E-state index contributed by atoms with van der Waals surface area (Å²) < 4.78 is 1.03. The lowest BCUT2D eigenvalue weighted by molar-refractivity contribution is 0.103. The minimum Gasteiger partial charge on any atom is -0.349 e. The van der Waals surface area contributed by atoms with Crippen LogP contribution < -0.4 is 10.2 Å². The monoisotopic (exact) mass is 356 g/mol. The number of carbonyl (C=O) groups is 1. The van der Waals surface area contributed by atoms with Crippen molar-refractivity contribution in [3.05, 3.63) is 40.8 Å². The summed E-state index contributed by atoms with van der Waals surface area (Å²) in [5, 5.41) is 12.6. The Hall–Kier alpha value is -2.43. The quantitative estimate of drug-likeness (QED) is 0.739. The van der Waals surface area contributed by atoms with Gasteiger partial charge in [-0.1, -0.05) is 11.3 Å². The zero-order valence-corrected chi connectivity index (χ0v) is 15.0. The molecule has 1 amide bonds.